The monoisotopic (exact) mass is 149 g/mol. The lowest BCUT2D eigenvalue weighted by Gasteiger charge is -1.97. The van der Waals surface area contributed by atoms with Gasteiger partial charge in [-0.25, -0.2) is 0 Å². The Labute approximate surface area is 60.6 Å². The van der Waals surface area contributed by atoms with E-state index in [1.54, 1.807) is 0 Å². The van der Waals surface area contributed by atoms with Crippen molar-refractivity contribution in [3.05, 3.63) is 0 Å². The second-order valence-electron chi connectivity index (χ2n) is 1.75. The van der Waals surface area contributed by atoms with Crippen molar-refractivity contribution >= 4 is 17.5 Å². The van der Waals surface area contributed by atoms with Gasteiger partial charge in [-0.05, 0) is 13.3 Å². The van der Waals surface area contributed by atoms with Gasteiger partial charge >= 0.3 is 0 Å². The van der Waals surface area contributed by atoms with Gasteiger partial charge in [-0.2, -0.15) is 0 Å². The molecule has 0 saturated heterocycles. The van der Waals surface area contributed by atoms with Crippen LogP contribution in [0.5, 0.6) is 0 Å². The number of rotatable bonds is 4. The molecule has 0 aliphatic carbocycles. The molecule has 0 spiro atoms. The maximum atomic E-state index is 10.6. The normalized spacial score (nSPS) is 9.11. The Morgan fingerprint density at radius 2 is 2.33 bits per heavy atom. The zero-order valence-corrected chi connectivity index (χ0v) is 6.37. The molecule has 0 bridgehead atoms. The van der Waals surface area contributed by atoms with Crippen molar-refractivity contribution in [1.29, 1.82) is 0 Å². The van der Waals surface area contributed by atoms with Crippen LogP contribution in [0.3, 0.4) is 0 Å². The van der Waals surface area contributed by atoms with Crippen LogP contribution in [0.1, 0.15) is 19.8 Å². The number of halogens is 1. The van der Waals surface area contributed by atoms with Crippen molar-refractivity contribution in [3.8, 4) is 0 Å². The summed E-state index contributed by atoms with van der Waals surface area (Å²) in [7, 11) is 0. The second-order valence-corrected chi connectivity index (χ2v) is 2.12. The van der Waals surface area contributed by atoms with Gasteiger partial charge in [-0.1, -0.05) is 0 Å². The minimum atomic E-state index is 0.0955. The van der Waals surface area contributed by atoms with Crippen LogP contribution in [0.2, 0.25) is 0 Å². The van der Waals surface area contributed by atoms with Gasteiger partial charge in [0.2, 0.25) is 5.91 Å². The summed E-state index contributed by atoms with van der Waals surface area (Å²) in [6, 6.07) is 0. The fourth-order valence-corrected chi connectivity index (χ4v) is 0.647. The van der Waals surface area contributed by atoms with Crippen LogP contribution in [0.15, 0.2) is 0 Å². The van der Waals surface area contributed by atoms with Crippen molar-refractivity contribution < 1.29 is 4.79 Å². The van der Waals surface area contributed by atoms with Crippen LogP contribution < -0.4 is 5.32 Å². The molecular weight excluding hydrogens is 138 g/mol. The molecule has 1 amide bonds. The van der Waals surface area contributed by atoms with Crippen molar-refractivity contribution in [2.45, 2.75) is 19.8 Å². The zero-order chi connectivity index (χ0) is 7.11. The van der Waals surface area contributed by atoms with Crippen molar-refractivity contribution in [2.24, 2.45) is 0 Å². The number of carbonyl (C=O) groups excluding carboxylic acids is 1. The lowest BCUT2D eigenvalue weighted by atomic mass is 10.3. The predicted octanol–water partition coefficient (Wildman–Crippen LogP) is 1.14. The van der Waals surface area contributed by atoms with Gasteiger partial charge in [-0.15, -0.1) is 11.6 Å². The average Bonchev–Trinajstić information content (AvgIpc) is 1.85. The third-order valence-electron chi connectivity index (χ3n) is 0.911. The summed E-state index contributed by atoms with van der Waals surface area (Å²) in [5, 5.41) is 2.68. The van der Waals surface area contributed by atoms with Crippen LogP contribution >= 0.6 is 11.6 Å². The van der Waals surface area contributed by atoms with Gasteiger partial charge in [0.25, 0.3) is 0 Å². The summed E-state index contributed by atoms with van der Waals surface area (Å²) in [5.74, 6) is 0.662. The molecule has 0 rings (SSSR count). The highest BCUT2D eigenvalue weighted by Crippen LogP contribution is 1.90. The standard InChI is InChI=1S/C6H12ClNO/c1-2-8-6(9)4-3-5-7/h2-5H2,1H3,(H,8,9). The number of alkyl halides is 1. The number of hydrogen-bond acceptors (Lipinski definition) is 1. The summed E-state index contributed by atoms with van der Waals surface area (Å²) < 4.78 is 0. The van der Waals surface area contributed by atoms with Gasteiger partial charge in [-0.3, -0.25) is 4.79 Å². The number of nitrogens with one attached hydrogen (secondary N) is 1. The van der Waals surface area contributed by atoms with Gasteiger partial charge in [0.05, 0.1) is 0 Å². The fourth-order valence-electron chi connectivity index (χ4n) is 0.513. The highest BCUT2D eigenvalue weighted by atomic mass is 35.5. The van der Waals surface area contributed by atoms with Gasteiger partial charge in [0.1, 0.15) is 0 Å². The summed E-state index contributed by atoms with van der Waals surface area (Å²) in [6.07, 6.45) is 1.32. The molecule has 0 aromatic carbocycles. The molecule has 0 aliphatic rings. The lowest BCUT2D eigenvalue weighted by molar-refractivity contribution is -0.120. The Kier molecular flexibility index (Phi) is 5.73. The molecule has 0 atom stereocenters. The molecule has 3 heteroatoms. The first-order chi connectivity index (χ1) is 4.31. The van der Waals surface area contributed by atoms with E-state index in [9.17, 15) is 4.79 Å². The Morgan fingerprint density at radius 3 is 2.78 bits per heavy atom. The maximum Gasteiger partial charge on any atom is 0.220 e. The minimum absolute atomic E-state index is 0.0955. The molecule has 0 fully saturated rings. The summed E-state index contributed by atoms with van der Waals surface area (Å²) >= 11 is 5.37. The van der Waals surface area contributed by atoms with E-state index >= 15 is 0 Å². The highest BCUT2D eigenvalue weighted by molar-refractivity contribution is 6.17. The SMILES string of the molecule is CCNC(=O)CCCCl. The summed E-state index contributed by atoms with van der Waals surface area (Å²) in [6.45, 7) is 2.61. The molecular formula is C6H12ClNO. The van der Waals surface area contributed by atoms with E-state index in [0.29, 0.717) is 18.8 Å². The summed E-state index contributed by atoms with van der Waals surface area (Å²) in [5.41, 5.74) is 0. The Hall–Kier alpha value is -0.240. The quantitative estimate of drug-likeness (QED) is 0.597. The molecule has 0 aromatic heterocycles. The van der Waals surface area contributed by atoms with Gasteiger partial charge in [0.15, 0.2) is 0 Å². The molecule has 0 heterocycles. The minimum Gasteiger partial charge on any atom is -0.356 e. The van der Waals surface area contributed by atoms with E-state index in [1.165, 1.54) is 0 Å². The molecule has 0 unspecified atom stereocenters. The van der Waals surface area contributed by atoms with Crippen LogP contribution in [0, 0.1) is 0 Å². The lowest BCUT2D eigenvalue weighted by Crippen LogP contribution is -2.22. The number of carbonyl (C=O) groups is 1. The van der Waals surface area contributed by atoms with Gasteiger partial charge < -0.3 is 5.32 Å². The van der Waals surface area contributed by atoms with Crippen molar-refractivity contribution in [2.75, 3.05) is 12.4 Å². The van der Waals surface area contributed by atoms with E-state index in [0.717, 1.165) is 6.42 Å². The molecule has 1 N–H and O–H groups in total. The first-order valence-electron chi connectivity index (χ1n) is 3.14. The zero-order valence-electron chi connectivity index (χ0n) is 5.61. The molecule has 0 aromatic rings. The number of amides is 1. The Bertz CT molecular complexity index is 85.1. The summed E-state index contributed by atoms with van der Waals surface area (Å²) in [4.78, 5) is 10.6. The fraction of sp³-hybridized carbons (Fsp3) is 0.833. The molecule has 2 nitrogen and oxygen atoms in total. The van der Waals surface area contributed by atoms with E-state index in [1.807, 2.05) is 6.92 Å². The molecule has 54 valence electrons. The first-order valence-corrected chi connectivity index (χ1v) is 3.67. The van der Waals surface area contributed by atoms with Crippen molar-refractivity contribution in [3.63, 3.8) is 0 Å². The van der Waals surface area contributed by atoms with Crippen molar-refractivity contribution in [1.82, 2.24) is 5.32 Å². The molecule has 0 aliphatic heterocycles. The topological polar surface area (TPSA) is 29.1 Å². The van der Waals surface area contributed by atoms with E-state index < -0.39 is 0 Å². The smallest absolute Gasteiger partial charge is 0.220 e. The van der Waals surface area contributed by atoms with E-state index in [-0.39, 0.29) is 5.91 Å². The van der Waals surface area contributed by atoms with Crippen LogP contribution in [-0.4, -0.2) is 18.3 Å². The molecule has 9 heavy (non-hydrogen) atoms. The second kappa shape index (κ2) is 5.89. The maximum absolute atomic E-state index is 10.6. The van der Waals surface area contributed by atoms with Gasteiger partial charge in [0, 0.05) is 18.8 Å². The van der Waals surface area contributed by atoms with E-state index in [2.05, 4.69) is 5.32 Å². The third-order valence-corrected chi connectivity index (χ3v) is 1.18. The molecule has 0 radical (unpaired) electrons. The third kappa shape index (κ3) is 5.63. The highest BCUT2D eigenvalue weighted by Gasteiger charge is 1.95. The van der Waals surface area contributed by atoms with Crippen LogP contribution in [-0.2, 0) is 4.79 Å². The van der Waals surface area contributed by atoms with E-state index in [4.69, 9.17) is 11.6 Å². The molecule has 0 saturated carbocycles. The largest absolute Gasteiger partial charge is 0.356 e. The van der Waals surface area contributed by atoms with Crippen LogP contribution in [0.25, 0.3) is 0 Å². The van der Waals surface area contributed by atoms with Crippen LogP contribution in [0.4, 0.5) is 0 Å². The predicted molar refractivity (Wildman–Crippen MR) is 38.6 cm³/mol. The average molecular weight is 150 g/mol. The Morgan fingerprint density at radius 1 is 1.67 bits per heavy atom. The first kappa shape index (κ1) is 8.76. The Balaban J connectivity index is 3.06. The number of hydrogen-bond donors (Lipinski definition) is 1.